The number of carboxylic acid groups (broad SMARTS) is 1. The minimum absolute atomic E-state index is 0.0723. The summed E-state index contributed by atoms with van der Waals surface area (Å²) in [7, 11) is 0. The number of rotatable bonds is 13. The zero-order chi connectivity index (χ0) is 22.5. The molecule has 0 radical (unpaired) electrons. The van der Waals surface area contributed by atoms with Crippen LogP contribution in [0.1, 0.15) is 53.5 Å². The number of ether oxygens (including phenoxy) is 4. The maximum Gasteiger partial charge on any atom is 0.306 e. The van der Waals surface area contributed by atoms with Gasteiger partial charge in [0.05, 0.1) is 44.1 Å². The van der Waals surface area contributed by atoms with Crippen LogP contribution >= 0.6 is 0 Å². The Morgan fingerprint density at radius 1 is 1.00 bits per heavy atom. The third kappa shape index (κ3) is 13.2. The SMILES string of the molecule is CC.Cc1ccc(OCCOCCOC(C)(C)COC(C)(C)CC(=O)O)cc1F. The van der Waals surface area contributed by atoms with Gasteiger partial charge in [0.15, 0.2) is 0 Å². The Hall–Kier alpha value is -1.70. The third-order valence-electron chi connectivity index (χ3n) is 3.75. The number of hydrogen-bond acceptors (Lipinski definition) is 5. The van der Waals surface area contributed by atoms with Crippen LogP contribution in [0.25, 0.3) is 0 Å². The largest absolute Gasteiger partial charge is 0.491 e. The summed E-state index contributed by atoms with van der Waals surface area (Å²) in [5.74, 6) is -0.722. The van der Waals surface area contributed by atoms with E-state index in [0.29, 0.717) is 37.7 Å². The monoisotopic (exact) mass is 416 g/mol. The number of benzene rings is 1. The van der Waals surface area contributed by atoms with Gasteiger partial charge >= 0.3 is 5.97 Å². The highest BCUT2D eigenvalue weighted by Gasteiger charge is 2.27. The molecule has 0 atom stereocenters. The van der Waals surface area contributed by atoms with Crippen LogP contribution in [0.15, 0.2) is 18.2 Å². The van der Waals surface area contributed by atoms with E-state index in [2.05, 4.69) is 0 Å². The molecule has 0 bridgehead atoms. The van der Waals surface area contributed by atoms with Crippen molar-refractivity contribution < 1.29 is 33.2 Å². The van der Waals surface area contributed by atoms with Crippen LogP contribution in [0.4, 0.5) is 4.39 Å². The van der Waals surface area contributed by atoms with Crippen LogP contribution in [0, 0.1) is 12.7 Å². The van der Waals surface area contributed by atoms with Crippen LogP contribution in [0.3, 0.4) is 0 Å². The van der Waals surface area contributed by atoms with Gasteiger partial charge in [-0.05, 0) is 46.2 Å². The van der Waals surface area contributed by atoms with Gasteiger partial charge in [-0.25, -0.2) is 4.39 Å². The molecule has 1 aromatic carbocycles. The van der Waals surface area contributed by atoms with Crippen molar-refractivity contribution in [3.8, 4) is 5.75 Å². The summed E-state index contributed by atoms with van der Waals surface area (Å²) in [6.45, 7) is 14.6. The highest BCUT2D eigenvalue weighted by molar-refractivity contribution is 5.67. The summed E-state index contributed by atoms with van der Waals surface area (Å²) < 4.78 is 35.7. The Morgan fingerprint density at radius 3 is 2.21 bits per heavy atom. The minimum Gasteiger partial charge on any atom is -0.491 e. The summed E-state index contributed by atoms with van der Waals surface area (Å²) in [5.41, 5.74) is -0.737. The smallest absolute Gasteiger partial charge is 0.306 e. The van der Waals surface area contributed by atoms with Gasteiger partial charge in [0, 0.05) is 6.07 Å². The van der Waals surface area contributed by atoms with Crippen LogP contribution in [-0.4, -0.2) is 55.3 Å². The van der Waals surface area contributed by atoms with Crippen molar-refractivity contribution >= 4 is 5.97 Å². The highest BCUT2D eigenvalue weighted by atomic mass is 19.1. The van der Waals surface area contributed by atoms with Crippen LogP contribution in [0.5, 0.6) is 5.75 Å². The average molecular weight is 417 g/mol. The van der Waals surface area contributed by atoms with Crippen LogP contribution in [-0.2, 0) is 19.0 Å². The number of aliphatic carboxylic acids is 1. The van der Waals surface area contributed by atoms with Gasteiger partial charge in [0.2, 0.25) is 0 Å². The summed E-state index contributed by atoms with van der Waals surface area (Å²) >= 11 is 0. The highest BCUT2D eigenvalue weighted by Crippen LogP contribution is 2.19. The lowest BCUT2D eigenvalue weighted by atomic mass is 10.0. The Labute approximate surface area is 174 Å². The lowest BCUT2D eigenvalue weighted by Gasteiger charge is -2.31. The molecule has 0 aliphatic rings. The molecule has 1 aromatic rings. The predicted octanol–water partition coefficient (Wildman–Crippen LogP) is 4.62. The van der Waals surface area contributed by atoms with Gasteiger partial charge in [-0.1, -0.05) is 19.9 Å². The molecule has 6 nitrogen and oxygen atoms in total. The van der Waals surface area contributed by atoms with E-state index in [1.165, 1.54) is 6.07 Å². The van der Waals surface area contributed by atoms with Crippen molar-refractivity contribution in [1.82, 2.24) is 0 Å². The third-order valence-corrected chi connectivity index (χ3v) is 3.75. The molecule has 0 aliphatic carbocycles. The topological polar surface area (TPSA) is 74.2 Å². The first-order valence-corrected chi connectivity index (χ1v) is 9.97. The fraction of sp³-hybridized carbons (Fsp3) is 0.682. The molecule has 0 spiro atoms. The van der Waals surface area contributed by atoms with Gasteiger partial charge in [0.1, 0.15) is 18.2 Å². The molecule has 29 heavy (non-hydrogen) atoms. The molecule has 0 saturated carbocycles. The second-order valence-electron chi connectivity index (χ2n) is 7.60. The fourth-order valence-electron chi connectivity index (χ4n) is 2.19. The lowest BCUT2D eigenvalue weighted by molar-refractivity contribution is -0.153. The Bertz CT molecular complexity index is 601. The van der Waals surface area contributed by atoms with Crippen molar-refractivity contribution in [2.45, 2.75) is 66.1 Å². The summed E-state index contributed by atoms with van der Waals surface area (Å²) in [6, 6.07) is 4.74. The molecule has 0 amide bonds. The Morgan fingerprint density at radius 2 is 1.62 bits per heavy atom. The number of carbonyl (C=O) groups is 1. The van der Waals surface area contributed by atoms with Gasteiger partial charge in [-0.2, -0.15) is 0 Å². The molecular formula is C22H37FO6. The average Bonchev–Trinajstić information content (AvgIpc) is 2.63. The van der Waals surface area contributed by atoms with Gasteiger partial charge in [-0.15, -0.1) is 0 Å². The fourth-order valence-corrected chi connectivity index (χ4v) is 2.19. The van der Waals surface area contributed by atoms with Crippen molar-refractivity contribution in [2.75, 3.05) is 33.0 Å². The van der Waals surface area contributed by atoms with Crippen molar-refractivity contribution in [1.29, 1.82) is 0 Å². The minimum atomic E-state index is -0.900. The van der Waals surface area contributed by atoms with Crippen LogP contribution < -0.4 is 4.74 Å². The Balaban J connectivity index is 0.00000379. The molecule has 0 aliphatic heterocycles. The first-order chi connectivity index (χ1) is 13.5. The molecule has 1 rings (SSSR count). The van der Waals surface area contributed by atoms with Gasteiger partial charge in [0.25, 0.3) is 0 Å². The first kappa shape index (κ1) is 27.3. The summed E-state index contributed by atoms with van der Waals surface area (Å²) in [5, 5.41) is 8.86. The number of hydrogen-bond donors (Lipinski definition) is 1. The second-order valence-corrected chi connectivity index (χ2v) is 7.60. The van der Waals surface area contributed by atoms with E-state index < -0.39 is 17.2 Å². The van der Waals surface area contributed by atoms with Crippen LogP contribution in [0.2, 0.25) is 0 Å². The van der Waals surface area contributed by atoms with Gasteiger partial charge in [-0.3, -0.25) is 4.79 Å². The molecule has 1 N–H and O–H groups in total. The number of aryl methyl sites for hydroxylation is 1. The van der Waals surface area contributed by atoms with Crippen molar-refractivity contribution in [3.63, 3.8) is 0 Å². The molecule has 168 valence electrons. The maximum absolute atomic E-state index is 13.4. The van der Waals surface area contributed by atoms with E-state index in [0.717, 1.165) is 0 Å². The standard InChI is InChI=1S/C20H31FO6.C2H6/c1-15-6-7-16(12-17(15)21)25-10-8-24-9-11-26-20(4,5)14-27-19(2,3)13-18(22)23;1-2/h6-7,12H,8-11,13-14H2,1-5H3,(H,22,23);1-2H3. The Kier molecular flexibility index (Phi) is 12.7. The van der Waals surface area contributed by atoms with Gasteiger partial charge < -0.3 is 24.1 Å². The van der Waals surface area contributed by atoms with Crippen molar-refractivity contribution in [2.24, 2.45) is 0 Å². The molecule has 7 heteroatoms. The lowest BCUT2D eigenvalue weighted by Crippen LogP contribution is -2.38. The zero-order valence-corrected chi connectivity index (χ0v) is 18.8. The van der Waals surface area contributed by atoms with E-state index in [4.69, 9.17) is 24.1 Å². The normalized spacial score (nSPS) is 11.6. The molecule has 0 aromatic heterocycles. The van der Waals surface area contributed by atoms with E-state index in [1.54, 1.807) is 32.9 Å². The summed E-state index contributed by atoms with van der Waals surface area (Å²) in [6.07, 6.45) is -0.0723. The molecular weight excluding hydrogens is 379 g/mol. The predicted molar refractivity (Wildman–Crippen MR) is 111 cm³/mol. The maximum atomic E-state index is 13.4. The molecule has 0 saturated heterocycles. The second kappa shape index (κ2) is 13.5. The van der Waals surface area contributed by atoms with Crippen molar-refractivity contribution in [3.05, 3.63) is 29.6 Å². The quantitative estimate of drug-likeness (QED) is 0.473. The molecule has 0 fully saturated rings. The van der Waals surface area contributed by atoms with E-state index in [1.807, 2.05) is 27.7 Å². The van der Waals surface area contributed by atoms with E-state index in [-0.39, 0.29) is 18.8 Å². The summed E-state index contributed by atoms with van der Waals surface area (Å²) in [4.78, 5) is 10.8. The number of carboxylic acids is 1. The molecule has 0 unspecified atom stereocenters. The first-order valence-electron chi connectivity index (χ1n) is 9.97. The molecule has 0 heterocycles. The van der Waals surface area contributed by atoms with E-state index >= 15 is 0 Å². The zero-order valence-electron chi connectivity index (χ0n) is 18.8. The number of halogens is 1. The van der Waals surface area contributed by atoms with E-state index in [9.17, 15) is 9.18 Å².